The lowest BCUT2D eigenvalue weighted by Crippen LogP contribution is -2.30. The molecule has 4 N–H and O–H groups in total. The summed E-state index contributed by atoms with van der Waals surface area (Å²) in [6.45, 7) is 0.676. The van der Waals surface area contributed by atoms with Gasteiger partial charge in [-0.15, -0.1) is 0 Å². The molecule has 0 bridgehead atoms. The molecule has 1 aliphatic heterocycles. The molecule has 7 nitrogen and oxygen atoms in total. The summed E-state index contributed by atoms with van der Waals surface area (Å²) in [5.41, 5.74) is 9.73. The molecular formula is C21H23N3O4. The largest absolute Gasteiger partial charge is 0.497 e. The summed E-state index contributed by atoms with van der Waals surface area (Å²) in [5, 5.41) is 4.76. The summed E-state index contributed by atoms with van der Waals surface area (Å²) in [7, 11) is 3.25. The fraction of sp³-hybridized carbons (Fsp3) is 0.286. The van der Waals surface area contributed by atoms with Gasteiger partial charge in [0.15, 0.2) is 18.1 Å². The minimum Gasteiger partial charge on any atom is -0.497 e. The van der Waals surface area contributed by atoms with Crippen molar-refractivity contribution in [2.24, 2.45) is 5.73 Å². The highest BCUT2D eigenvalue weighted by Crippen LogP contribution is 2.37. The summed E-state index contributed by atoms with van der Waals surface area (Å²) in [5.74, 6) is 1.37. The first-order chi connectivity index (χ1) is 13.6. The van der Waals surface area contributed by atoms with Gasteiger partial charge in [0.2, 0.25) is 0 Å². The summed E-state index contributed by atoms with van der Waals surface area (Å²) in [6.07, 6.45) is 0.940. The normalized spacial score (nSPS) is 15.9. The molecule has 1 aliphatic rings. The first-order valence-corrected chi connectivity index (χ1v) is 9.11. The van der Waals surface area contributed by atoms with E-state index in [1.54, 1.807) is 20.3 Å². The topological polar surface area (TPSA) is 98.6 Å². The average molecular weight is 381 g/mol. The Labute approximate surface area is 162 Å². The Hall–Kier alpha value is -3.19. The molecule has 0 fully saturated rings. The van der Waals surface area contributed by atoms with Crippen molar-refractivity contribution in [2.45, 2.75) is 12.5 Å². The van der Waals surface area contributed by atoms with Crippen LogP contribution in [0.3, 0.4) is 0 Å². The van der Waals surface area contributed by atoms with Crippen molar-refractivity contribution in [1.29, 1.82) is 0 Å². The monoisotopic (exact) mass is 381 g/mol. The summed E-state index contributed by atoms with van der Waals surface area (Å²) in [4.78, 5) is 14.5. The van der Waals surface area contributed by atoms with E-state index in [4.69, 9.17) is 19.9 Å². The Morgan fingerprint density at radius 3 is 2.75 bits per heavy atom. The first-order valence-electron chi connectivity index (χ1n) is 9.11. The molecule has 2 heterocycles. The minimum atomic E-state index is -0.529. The highest BCUT2D eigenvalue weighted by molar-refractivity contribution is 5.86. The van der Waals surface area contributed by atoms with Crippen LogP contribution in [-0.2, 0) is 11.2 Å². The molecule has 3 aromatic rings. The van der Waals surface area contributed by atoms with E-state index in [0.29, 0.717) is 11.5 Å². The molecule has 146 valence electrons. The highest BCUT2D eigenvalue weighted by atomic mass is 16.5. The number of hydrogen-bond donors (Lipinski definition) is 3. The van der Waals surface area contributed by atoms with Crippen LogP contribution in [0.15, 0.2) is 36.4 Å². The molecule has 1 atom stereocenters. The van der Waals surface area contributed by atoms with Gasteiger partial charge in [0.05, 0.1) is 20.3 Å². The van der Waals surface area contributed by atoms with Crippen molar-refractivity contribution in [1.82, 2.24) is 10.3 Å². The molecule has 28 heavy (non-hydrogen) atoms. The zero-order valence-electron chi connectivity index (χ0n) is 15.9. The molecular weight excluding hydrogens is 358 g/mol. The number of amides is 1. The van der Waals surface area contributed by atoms with Crippen molar-refractivity contribution in [3.05, 3.63) is 53.2 Å². The lowest BCUT2D eigenvalue weighted by atomic mass is 9.94. The van der Waals surface area contributed by atoms with Gasteiger partial charge in [-0.2, -0.15) is 0 Å². The first kappa shape index (κ1) is 18.2. The van der Waals surface area contributed by atoms with Gasteiger partial charge in [-0.1, -0.05) is 6.07 Å². The second-order valence-electron chi connectivity index (χ2n) is 6.73. The molecule has 0 radical (unpaired) electrons. The molecule has 0 spiro atoms. The van der Waals surface area contributed by atoms with Gasteiger partial charge in [0.25, 0.3) is 5.91 Å². The standard InChI is InChI=1S/C21H23N3O4/c1-26-13-4-5-16-15(10-13)14-7-8-23-20(21(14)24-16)12-3-6-17(18(9-12)27-2)28-11-19(22)25/h3-6,9-10,20,23-24H,7-8,11H2,1-2H3,(H2,22,25)/t20-/m0/s1. The third kappa shape index (κ3) is 3.25. The number of nitrogens with one attached hydrogen (secondary N) is 2. The SMILES string of the molecule is COc1ccc2[nH]c3c(c2c1)CCN[C@H]3c1ccc(OCC(N)=O)c(OC)c1. The van der Waals surface area contributed by atoms with E-state index in [-0.39, 0.29) is 12.6 Å². The van der Waals surface area contributed by atoms with Crippen molar-refractivity contribution >= 4 is 16.8 Å². The van der Waals surface area contributed by atoms with E-state index in [2.05, 4.69) is 16.4 Å². The smallest absolute Gasteiger partial charge is 0.255 e. The predicted molar refractivity (Wildman–Crippen MR) is 106 cm³/mol. The number of rotatable bonds is 6. The lowest BCUT2D eigenvalue weighted by molar-refractivity contribution is -0.119. The Kier molecular flexibility index (Phi) is 4.83. The van der Waals surface area contributed by atoms with Crippen LogP contribution in [0.25, 0.3) is 10.9 Å². The quantitative estimate of drug-likeness (QED) is 0.608. The number of H-pyrrole nitrogens is 1. The summed E-state index contributed by atoms with van der Waals surface area (Å²) >= 11 is 0. The maximum absolute atomic E-state index is 11.0. The fourth-order valence-corrected chi connectivity index (χ4v) is 3.75. The number of aromatic nitrogens is 1. The van der Waals surface area contributed by atoms with Gasteiger partial charge in [-0.25, -0.2) is 0 Å². The van der Waals surface area contributed by atoms with Crippen molar-refractivity contribution in [3.63, 3.8) is 0 Å². The Bertz CT molecular complexity index is 1030. The highest BCUT2D eigenvalue weighted by Gasteiger charge is 2.26. The molecule has 0 saturated carbocycles. The maximum atomic E-state index is 11.0. The van der Waals surface area contributed by atoms with Crippen LogP contribution in [0, 0.1) is 0 Å². The van der Waals surface area contributed by atoms with Gasteiger partial charge >= 0.3 is 0 Å². The van der Waals surface area contributed by atoms with Gasteiger partial charge in [-0.3, -0.25) is 4.79 Å². The van der Waals surface area contributed by atoms with E-state index in [9.17, 15) is 4.79 Å². The summed E-state index contributed by atoms with van der Waals surface area (Å²) in [6, 6.07) is 11.8. The Balaban J connectivity index is 1.72. The van der Waals surface area contributed by atoms with Crippen LogP contribution in [0.4, 0.5) is 0 Å². The number of carbonyl (C=O) groups is 1. The number of benzene rings is 2. The number of primary amides is 1. The third-order valence-corrected chi connectivity index (χ3v) is 5.05. The van der Waals surface area contributed by atoms with E-state index in [0.717, 1.165) is 35.5 Å². The third-order valence-electron chi connectivity index (χ3n) is 5.05. The van der Waals surface area contributed by atoms with E-state index >= 15 is 0 Å². The fourth-order valence-electron chi connectivity index (χ4n) is 3.75. The van der Waals surface area contributed by atoms with Crippen molar-refractivity contribution in [3.8, 4) is 17.2 Å². The number of ether oxygens (including phenoxy) is 3. The van der Waals surface area contributed by atoms with Crippen molar-refractivity contribution < 1.29 is 19.0 Å². The van der Waals surface area contributed by atoms with Crippen LogP contribution >= 0.6 is 0 Å². The zero-order valence-corrected chi connectivity index (χ0v) is 15.9. The van der Waals surface area contributed by atoms with Crippen LogP contribution in [-0.4, -0.2) is 38.3 Å². The molecule has 4 rings (SSSR count). The number of methoxy groups -OCH3 is 2. The lowest BCUT2D eigenvalue weighted by Gasteiger charge is -2.25. The Morgan fingerprint density at radius 1 is 1.14 bits per heavy atom. The van der Waals surface area contributed by atoms with Crippen LogP contribution in [0.2, 0.25) is 0 Å². The number of fused-ring (bicyclic) bond motifs is 3. The number of carbonyl (C=O) groups excluding carboxylic acids is 1. The van der Waals surface area contributed by atoms with E-state index in [1.165, 1.54) is 10.9 Å². The number of hydrogen-bond acceptors (Lipinski definition) is 5. The van der Waals surface area contributed by atoms with Gasteiger partial charge in [0.1, 0.15) is 5.75 Å². The molecule has 0 aliphatic carbocycles. The molecule has 1 aromatic heterocycles. The maximum Gasteiger partial charge on any atom is 0.255 e. The predicted octanol–water partition coefficient (Wildman–Crippen LogP) is 2.28. The zero-order chi connectivity index (χ0) is 19.7. The van der Waals surface area contributed by atoms with Crippen LogP contribution in [0.1, 0.15) is 22.9 Å². The molecule has 2 aromatic carbocycles. The van der Waals surface area contributed by atoms with E-state index in [1.807, 2.05) is 24.3 Å². The number of aromatic amines is 1. The van der Waals surface area contributed by atoms with Gasteiger partial charge < -0.3 is 30.2 Å². The van der Waals surface area contributed by atoms with Crippen LogP contribution < -0.4 is 25.3 Å². The minimum absolute atomic E-state index is 0.00114. The second kappa shape index (κ2) is 7.44. The molecule has 0 saturated heterocycles. The van der Waals surface area contributed by atoms with Gasteiger partial charge in [0, 0.05) is 23.1 Å². The number of nitrogens with two attached hydrogens (primary N) is 1. The van der Waals surface area contributed by atoms with Crippen molar-refractivity contribution in [2.75, 3.05) is 27.4 Å². The summed E-state index contributed by atoms with van der Waals surface area (Å²) < 4.78 is 16.3. The van der Waals surface area contributed by atoms with Crippen LogP contribution in [0.5, 0.6) is 17.2 Å². The average Bonchev–Trinajstić information content (AvgIpc) is 3.09. The molecule has 1 amide bonds. The van der Waals surface area contributed by atoms with Gasteiger partial charge in [-0.05, 0) is 47.9 Å². The Morgan fingerprint density at radius 2 is 2.00 bits per heavy atom. The molecule has 7 heteroatoms. The second-order valence-corrected chi connectivity index (χ2v) is 6.73. The molecule has 0 unspecified atom stereocenters. The van der Waals surface area contributed by atoms with E-state index < -0.39 is 5.91 Å².